The molecule has 1 aromatic rings. The largest absolute Gasteiger partial charge is 0.495 e. The van der Waals surface area contributed by atoms with Crippen molar-refractivity contribution >= 4 is 11.6 Å². The van der Waals surface area contributed by atoms with Crippen LogP contribution in [0, 0.1) is 5.92 Å². The Morgan fingerprint density at radius 1 is 1.41 bits per heavy atom. The van der Waals surface area contributed by atoms with Crippen molar-refractivity contribution in [3.8, 4) is 5.75 Å². The van der Waals surface area contributed by atoms with Gasteiger partial charge in [0.1, 0.15) is 5.75 Å². The summed E-state index contributed by atoms with van der Waals surface area (Å²) < 4.78 is 5.19. The number of rotatable bonds is 6. The van der Waals surface area contributed by atoms with Gasteiger partial charge in [-0.15, -0.1) is 0 Å². The molecule has 0 aliphatic rings. The predicted molar refractivity (Wildman–Crippen MR) is 69.3 cm³/mol. The summed E-state index contributed by atoms with van der Waals surface area (Å²) in [5.41, 5.74) is 0.717. The quantitative estimate of drug-likeness (QED) is 0.793. The zero-order valence-electron chi connectivity index (χ0n) is 10.6. The molecule has 1 rings (SSSR count). The average molecular weight is 236 g/mol. The van der Waals surface area contributed by atoms with Crippen LogP contribution in [0.2, 0.25) is 0 Å². The van der Waals surface area contributed by atoms with E-state index in [4.69, 9.17) is 4.74 Å². The molecule has 0 heterocycles. The molecular weight excluding hydrogens is 216 g/mol. The Labute approximate surface area is 102 Å². The first-order valence-electron chi connectivity index (χ1n) is 5.81. The molecule has 0 radical (unpaired) electrons. The highest BCUT2D eigenvalue weighted by atomic mass is 16.5. The molecule has 1 atom stereocenters. The van der Waals surface area contributed by atoms with Gasteiger partial charge in [-0.3, -0.25) is 4.79 Å². The fraction of sp³-hybridized carbons (Fsp3) is 0.462. The van der Waals surface area contributed by atoms with E-state index in [0.29, 0.717) is 12.3 Å². The van der Waals surface area contributed by atoms with Gasteiger partial charge in [0.05, 0.1) is 18.7 Å². The lowest BCUT2D eigenvalue weighted by Gasteiger charge is -2.15. The average Bonchev–Trinajstić information content (AvgIpc) is 2.36. The second-order valence-corrected chi connectivity index (χ2v) is 3.85. The van der Waals surface area contributed by atoms with Crippen molar-refractivity contribution in [3.63, 3.8) is 0 Å². The molecule has 0 aromatic heterocycles. The number of ether oxygens (including phenoxy) is 1. The second-order valence-electron chi connectivity index (χ2n) is 3.85. The molecule has 0 saturated carbocycles. The number of amides is 1. The zero-order valence-corrected chi connectivity index (χ0v) is 10.6. The Kier molecular flexibility index (Phi) is 5.49. The summed E-state index contributed by atoms with van der Waals surface area (Å²) in [6, 6.07) is 7.41. The van der Waals surface area contributed by atoms with Crippen molar-refractivity contribution in [3.05, 3.63) is 24.3 Å². The highest BCUT2D eigenvalue weighted by Crippen LogP contribution is 2.23. The number of nitrogens with one attached hydrogen (secondary N) is 2. The molecular formula is C13H20N2O2. The molecule has 94 valence electrons. The molecule has 0 spiro atoms. The summed E-state index contributed by atoms with van der Waals surface area (Å²) in [4.78, 5) is 12.0. The minimum absolute atomic E-state index is 0.0198. The van der Waals surface area contributed by atoms with E-state index in [0.717, 1.165) is 12.1 Å². The van der Waals surface area contributed by atoms with Crippen molar-refractivity contribution < 1.29 is 9.53 Å². The minimum atomic E-state index is -0.0232. The third-order valence-electron chi connectivity index (χ3n) is 2.68. The molecule has 2 N–H and O–H groups in total. The monoisotopic (exact) mass is 236 g/mol. The maximum Gasteiger partial charge on any atom is 0.228 e. The van der Waals surface area contributed by atoms with Crippen LogP contribution in [0.15, 0.2) is 24.3 Å². The van der Waals surface area contributed by atoms with E-state index in [9.17, 15) is 4.79 Å². The lowest BCUT2D eigenvalue weighted by molar-refractivity contribution is -0.119. The summed E-state index contributed by atoms with van der Waals surface area (Å²) in [7, 11) is 3.44. The van der Waals surface area contributed by atoms with Gasteiger partial charge in [0.15, 0.2) is 0 Å². The molecule has 0 saturated heterocycles. The van der Waals surface area contributed by atoms with Crippen molar-refractivity contribution in [2.45, 2.75) is 13.3 Å². The maximum absolute atomic E-state index is 12.0. The first kappa shape index (κ1) is 13.5. The van der Waals surface area contributed by atoms with Crippen LogP contribution in [0.1, 0.15) is 13.3 Å². The van der Waals surface area contributed by atoms with Gasteiger partial charge in [-0.1, -0.05) is 19.1 Å². The van der Waals surface area contributed by atoms with E-state index >= 15 is 0 Å². The molecule has 1 aromatic carbocycles. The van der Waals surface area contributed by atoms with E-state index < -0.39 is 0 Å². The highest BCUT2D eigenvalue weighted by molar-refractivity contribution is 5.94. The molecule has 0 aliphatic heterocycles. The summed E-state index contributed by atoms with van der Waals surface area (Å²) in [6.07, 6.45) is 0.807. The van der Waals surface area contributed by atoms with E-state index in [1.54, 1.807) is 7.11 Å². The molecule has 1 amide bonds. The fourth-order valence-electron chi connectivity index (χ4n) is 1.65. The molecule has 0 aliphatic carbocycles. The number of methoxy groups -OCH3 is 1. The van der Waals surface area contributed by atoms with Crippen LogP contribution in [0.3, 0.4) is 0 Å². The maximum atomic E-state index is 12.0. The van der Waals surface area contributed by atoms with Gasteiger partial charge in [0.2, 0.25) is 5.91 Å². The first-order chi connectivity index (χ1) is 8.22. The molecule has 0 fully saturated rings. The summed E-state index contributed by atoms with van der Waals surface area (Å²) in [6.45, 7) is 2.68. The SMILES string of the molecule is CCC(CNC)C(=O)Nc1ccccc1OC. The molecule has 1 unspecified atom stereocenters. The smallest absolute Gasteiger partial charge is 0.228 e. The van der Waals surface area contributed by atoms with Crippen LogP contribution < -0.4 is 15.4 Å². The van der Waals surface area contributed by atoms with Crippen LogP contribution in [0.5, 0.6) is 5.75 Å². The van der Waals surface area contributed by atoms with Gasteiger partial charge in [0.25, 0.3) is 0 Å². The van der Waals surface area contributed by atoms with Crippen molar-refractivity contribution in [2.24, 2.45) is 5.92 Å². The van der Waals surface area contributed by atoms with Gasteiger partial charge in [-0.05, 0) is 25.6 Å². The first-order valence-corrected chi connectivity index (χ1v) is 5.81. The van der Waals surface area contributed by atoms with Gasteiger partial charge >= 0.3 is 0 Å². The highest BCUT2D eigenvalue weighted by Gasteiger charge is 2.16. The lowest BCUT2D eigenvalue weighted by Crippen LogP contribution is -2.30. The van der Waals surface area contributed by atoms with Crippen LogP contribution in [0.25, 0.3) is 0 Å². The number of para-hydroxylation sites is 2. The molecule has 17 heavy (non-hydrogen) atoms. The van der Waals surface area contributed by atoms with E-state index in [1.807, 2.05) is 38.2 Å². The fourth-order valence-corrected chi connectivity index (χ4v) is 1.65. The number of carbonyl (C=O) groups is 1. The topological polar surface area (TPSA) is 50.4 Å². The van der Waals surface area contributed by atoms with Gasteiger partial charge in [-0.25, -0.2) is 0 Å². The number of hydrogen-bond acceptors (Lipinski definition) is 3. The molecule has 4 nitrogen and oxygen atoms in total. The van der Waals surface area contributed by atoms with Crippen LogP contribution in [-0.4, -0.2) is 26.6 Å². The predicted octanol–water partition coefficient (Wildman–Crippen LogP) is 1.88. The summed E-state index contributed by atoms with van der Waals surface area (Å²) in [5, 5.41) is 5.92. The van der Waals surface area contributed by atoms with Gasteiger partial charge in [-0.2, -0.15) is 0 Å². The van der Waals surface area contributed by atoms with E-state index in [2.05, 4.69) is 10.6 Å². The standard InChI is InChI=1S/C13H20N2O2/c1-4-10(9-14-2)13(16)15-11-7-5-6-8-12(11)17-3/h5-8,10,14H,4,9H2,1-3H3,(H,15,16). The third kappa shape index (κ3) is 3.75. The minimum Gasteiger partial charge on any atom is -0.495 e. The normalized spacial score (nSPS) is 11.9. The van der Waals surface area contributed by atoms with Gasteiger partial charge < -0.3 is 15.4 Å². The third-order valence-corrected chi connectivity index (χ3v) is 2.68. The Hall–Kier alpha value is -1.55. The Morgan fingerprint density at radius 3 is 2.71 bits per heavy atom. The number of anilines is 1. The van der Waals surface area contributed by atoms with Crippen molar-refractivity contribution in [1.82, 2.24) is 5.32 Å². The van der Waals surface area contributed by atoms with Crippen LogP contribution >= 0.6 is 0 Å². The van der Waals surface area contributed by atoms with Crippen molar-refractivity contribution in [1.29, 1.82) is 0 Å². The number of carbonyl (C=O) groups excluding carboxylic acids is 1. The number of hydrogen-bond donors (Lipinski definition) is 2. The molecule has 4 heteroatoms. The zero-order chi connectivity index (χ0) is 12.7. The Morgan fingerprint density at radius 2 is 2.12 bits per heavy atom. The summed E-state index contributed by atoms with van der Waals surface area (Å²) >= 11 is 0. The van der Waals surface area contributed by atoms with Gasteiger partial charge in [0, 0.05) is 6.54 Å². The van der Waals surface area contributed by atoms with Crippen LogP contribution in [0.4, 0.5) is 5.69 Å². The second kappa shape index (κ2) is 6.91. The summed E-state index contributed by atoms with van der Waals surface area (Å²) in [5.74, 6) is 0.677. The van der Waals surface area contributed by atoms with E-state index in [-0.39, 0.29) is 11.8 Å². The van der Waals surface area contributed by atoms with Crippen molar-refractivity contribution in [2.75, 3.05) is 26.0 Å². The lowest BCUT2D eigenvalue weighted by atomic mass is 10.1. The van der Waals surface area contributed by atoms with E-state index in [1.165, 1.54) is 0 Å². The Bertz CT molecular complexity index is 366. The number of benzene rings is 1. The molecule has 0 bridgehead atoms. The Balaban J connectivity index is 2.72. The van der Waals surface area contributed by atoms with Crippen LogP contribution in [-0.2, 0) is 4.79 Å².